The Labute approximate surface area is 113 Å². The maximum absolute atomic E-state index is 11.8. The van der Waals surface area contributed by atoms with Crippen LogP contribution in [0.5, 0.6) is 0 Å². The lowest BCUT2D eigenvalue weighted by Gasteiger charge is -2.23. The molecule has 2 heterocycles. The molecule has 5 heteroatoms. The molecule has 1 aliphatic heterocycles. The first-order chi connectivity index (χ1) is 9.16. The van der Waals surface area contributed by atoms with Crippen molar-refractivity contribution in [2.24, 2.45) is 0 Å². The molecular weight excluding hydrogens is 242 g/mol. The van der Waals surface area contributed by atoms with Crippen molar-refractivity contribution < 1.29 is 4.79 Å². The van der Waals surface area contributed by atoms with E-state index in [1.54, 1.807) is 18.3 Å². The summed E-state index contributed by atoms with van der Waals surface area (Å²) in [7, 11) is 0. The van der Waals surface area contributed by atoms with E-state index in [2.05, 4.69) is 17.1 Å². The number of carbonyl (C=O) groups excluding carboxylic acids is 1. The van der Waals surface area contributed by atoms with Crippen LogP contribution in [-0.2, 0) is 11.3 Å². The van der Waals surface area contributed by atoms with Crippen LogP contribution in [0.1, 0.15) is 19.8 Å². The van der Waals surface area contributed by atoms with E-state index in [1.807, 2.05) is 0 Å². The lowest BCUT2D eigenvalue weighted by molar-refractivity contribution is -0.121. The van der Waals surface area contributed by atoms with Gasteiger partial charge in [-0.25, -0.2) is 0 Å². The molecular formula is C14H21N3O2. The minimum Gasteiger partial charge on any atom is -0.353 e. The highest BCUT2D eigenvalue weighted by Crippen LogP contribution is 2.10. The van der Waals surface area contributed by atoms with Crippen molar-refractivity contribution in [2.75, 3.05) is 19.6 Å². The summed E-state index contributed by atoms with van der Waals surface area (Å²) >= 11 is 0. The van der Waals surface area contributed by atoms with Gasteiger partial charge >= 0.3 is 0 Å². The monoisotopic (exact) mass is 263 g/mol. The fourth-order valence-electron chi connectivity index (χ4n) is 2.37. The zero-order valence-corrected chi connectivity index (χ0v) is 11.3. The second kappa shape index (κ2) is 6.52. The van der Waals surface area contributed by atoms with Crippen molar-refractivity contribution in [3.63, 3.8) is 0 Å². The number of carbonyl (C=O) groups is 1. The Hall–Kier alpha value is -1.62. The fourth-order valence-corrected chi connectivity index (χ4v) is 2.37. The molecule has 0 bridgehead atoms. The van der Waals surface area contributed by atoms with Crippen molar-refractivity contribution in [3.05, 3.63) is 34.7 Å². The van der Waals surface area contributed by atoms with Crippen LogP contribution in [0, 0.1) is 0 Å². The Balaban J connectivity index is 1.78. The van der Waals surface area contributed by atoms with Gasteiger partial charge in [0.1, 0.15) is 6.54 Å². The number of nitrogens with zero attached hydrogens (tertiary/aromatic N) is 2. The van der Waals surface area contributed by atoms with Gasteiger partial charge in [-0.1, -0.05) is 6.07 Å². The lowest BCUT2D eigenvalue weighted by Crippen LogP contribution is -2.42. The summed E-state index contributed by atoms with van der Waals surface area (Å²) < 4.78 is 1.41. The maximum atomic E-state index is 11.8. The number of nitrogens with one attached hydrogen (secondary N) is 1. The number of rotatable bonds is 5. The predicted octanol–water partition coefficient (Wildman–Crippen LogP) is 0.449. The topological polar surface area (TPSA) is 54.3 Å². The Morgan fingerprint density at radius 1 is 1.37 bits per heavy atom. The highest BCUT2D eigenvalue weighted by molar-refractivity contribution is 5.75. The van der Waals surface area contributed by atoms with Gasteiger partial charge in [0.15, 0.2) is 0 Å². The minimum atomic E-state index is -0.148. The van der Waals surface area contributed by atoms with Crippen LogP contribution < -0.4 is 10.9 Å². The fraction of sp³-hybridized carbons (Fsp3) is 0.571. The van der Waals surface area contributed by atoms with Crippen LogP contribution in [0.25, 0.3) is 0 Å². The number of amides is 1. The molecule has 1 saturated heterocycles. The summed E-state index contributed by atoms with van der Waals surface area (Å²) in [6, 6.07) is 5.24. The summed E-state index contributed by atoms with van der Waals surface area (Å²) in [4.78, 5) is 25.7. The largest absolute Gasteiger partial charge is 0.353 e. The summed E-state index contributed by atoms with van der Waals surface area (Å²) in [6.07, 6.45) is 4.13. The molecule has 1 N–H and O–H groups in total. The Bertz CT molecular complexity index is 478. The standard InChI is InChI=1S/C14H21N3O2/c1-12(16-7-4-5-8-16)10-15-13(18)11-17-9-3-2-6-14(17)19/h2-3,6,9,12H,4-5,7-8,10-11H2,1H3,(H,15,18)/t12-/m0/s1. The van der Waals surface area contributed by atoms with E-state index < -0.39 is 0 Å². The van der Waals surface area contributed by atoms with Gasteiger partial charge in [-0.2, -0.15) is 0 Å². The normalized spacial score (nSPS) is 17.3. The SMILES string of the molecule is C[C@@H](CNC(=O)Cn1ccccc1=O)N1CCCC1. The molecule has 0 aromatic carbocycles. The molecule has 104 valence electrons. The van der Waals surface area contributed by atoms with Crippen molar-refractivity contribution in [2.45, 2.75) is 32.4 Å². The number of pyridine rings is 1. The minimum absolute atomic E-state index is 0.0897. The van der Waals surface area contributed by atoms with E-state index in [1.165, 1.54) is 23.5 Å². The van der Waals surface area contributed by atoms with Crippen molar-refractivity contribution in [3.8, 4) is 0 Å². The second-order valence-electron chi connectivity index (χ2n) is 5.06. The number of aromatic nitrogens is 1. The Morgan fingerprint density at radius 3 is 2.79 bits per heavy atom. The average Bonchev–Trinajstić information content (AvgIpc) is 2.93. The molecule has 1 atom stereocenters. The van der Waals surface area contributed by atoms with Crippen molar-refractivity contribution >= 4 is 5.91 Å². The molecule has 0 radical (unpaired) electrons. The van der Waals surface area contributed by atoms with Crippen LogP contribution in [0.4, 0.5) is 0 Å². The zero-order valence-electron chi connectivity index (χ0n) is 11.3. The van der Waals surface area contributed by atoms with E-state index in [0.29, 0.717) is 12.6 Å². The molecule has 2 rings (SSSR count). The number of likely N-dealkylation sites (tertiary alicyclic amines) is 1. The van der Waals surface area contributed by atoms with Gasteiger partial charge in [0.2, 0.25) is 5.91 Å². The smallest absolute Gasteiger partial charge is 0.250 e. The third-order valence-electron chi connectivity index (χ3n) is 3.57. The predicted molar refractivity (Wildman–Crippen MR) is 74.0 cm³/mol. The molecule has 0 aliphatic carbocycles. The first-order valence-electron chi connectivity index (χ1n) is 6.83. The third-order valence-corrected chi connectivity index (χ3v) is 3.57. The van der Waals surface area contributed by atoms with Crippen molar-refractivity contribution in [1.82, 2.24) is 14.8 Å². The summed E-state index contributed by atoms with van der Waals surface area (Å²) in [5, 5.41) is 2.89. The molecule has 1 amide bonds. The van der Waals surface area contributed by atoms with Gasteiger partial charge in [0.05, 0.1) is 0 Å². The van der Waals surface area contributed by atoms with E-state index in [0.717, 1.165) is 13.1 Å². The van der Waals surface area contributed by atoms with Gasteiger partial charge in [-0.15, -0.1) is 0 Å². The molecule has 1 aliphatic rings. The molecule has 1 aromatic rings. The van der Waals surface area contributed by atoms with Crippen molar-refractivity contribution in [1.29, 1.82) is 0 Å². The zero-order chi connectivity index (χ0) is 13.7. The molecule has 19 heavy (non-hydrogen) atoms. The second-order valence-corrected chi connectivity index (χ2v) is 5.06. The van der Waals surface area contributed by atoms with Crippen LogP contribution >= 0.6 is 0 Å². The average molecular weight is 263 g/mol. The Kier molecular flexibility index (Phi) is 4.74. The molecule has 0 spiro atoms. The lowest BCUT2D eigenvalue weighted by atomic mass is 10.3. The first kappa shape index (κ1) is 13.8. The van der Waals surface area contributed by atoms with E-state index in [-0.39, 0.29) is 18.0 Å². The molecule has 1 aromatic heterocycles. The quantitative estimate of drug-likeness (QED) is 0.839. The van der Waals surface area contributed by atoms with Crippen LogP contribution in [0.3, 0.4) is 0 Å². The van der Waals surface area contributed by atoms with Crippen LogP contribution in [-0.4, -0.2) is 41.1 Å². The summed E-state index contributed by atoms with van der Waals surface area (Å²) in [5.41, 5.74) is -0.148. The van der Waals surface area contributed by atoms with E-state index >= 15 is 0 Å². The third kappa shape index (κ3) is 3.92. The van der Waals surface area contributed by atoms with Gasteiger partial charge in [-0.3, -0.25) is 14.5 Å². The first-order valence-corrected chi connectivity index (χ1v) is 6.83. The van der Waals surface area contributed by atoms with Gasteiger partial charge < -0.3 is 9.88 Å². The van der Waals surface area contributed by atoms with Crippen LogP contribution in [0.2, 0.25) is 0 Å². The van der Waals surface area contributed by atoms with Gasteiger partial charge in [0, 0.05) is 24.8 Å². The maximum Gasteiger partial charge on any atom is 0.250 e. The highest BCUT2D eigenvalue weighted by atomic mass is 16.2. The molecule has 0 saturated carbocycles. The van der Waals surface area contributed by atoms with Crippen LogP contribution in [0.15, 0.2) is 29.2 Å². The van der Waals surface area contributed by atoms with Gasteiger partial charge in [-0.05, 0) is 38.9 Å². The Morgan fingerprint density at radius 2 is 2.11 bits per heavy atom. The number of hydrogen-bond acceptors (Lipinski definition) is 3. The van der Waals surface area contributed by atoms with Gasteiger partial charge in [0.25, 0.3) is 5.56 Å². The molecule has 0 unspecified atom stereocenters. The van der Waals surface area contributed by atoms with E-state index in [4.69, 9.17) is 0 Å². The number of hydrogen-bond donors (Lipinski definition) is 1. The summed E-state index contributed by atoms with van der Waals surface area (Å²) in [6.45, 7) is 5.09. The highest BCUT2D eigenvalue weighted by Gasteiger charge is 2.18. The van der Waals surface area contributed by atoms with E-state index in [9.17, 15) is 9.59 Å². The molecule has 1 fully saturated rings. The summed E-state index contributed by atoms with van der Waals surface area (Å²) in [5.74, 6) is -0.112. The molecule has 5 nitrogen and oxygen atoms in total.